The summed E-state index contributed by atoms with van der Waals surface area (Å²) in [5.41, 5.74) is 0.845. The molecular formula is C20H18ClNO4S. The van der Waals surface area contributed by atoms with E-state index in [1.807, 2.05) is 0 Å². The van der Waals surface area contributed by atoms with Crippen LogP contribution >= 0.6 is 22.9 Å². The number of hydrogen-bond donors (Lipinski definition) is 1. The first kappa shape index (κ1) is 18.2. The van der Waals surface area contributed by atoms with Crippen LogP contribution in [0, 0.1) is 0 Å². The van der Waals surface area contributed by atoms with E-state index < -0.39 is 17.7 Å². The van der Waals surface area contributed by atoms with Crippen molar-refractivity contribution in [3.63, 3.8) is 0 Å². The Labute approximate surface area is 165 Å². The Balaban J connectivity index is 1.75. The minimum Gasteiger partial charge on any atom is -0.503 e. The molecule has 2 aliphatic heterocycles. The molecule has 7 heteroatoms. The number of hydrogen-bond acceptors (Lipinski definition) is 5. The van der Waals surface area contributed by atoms with E-state index in [9.17, 15) is 14.7 Å². The van der Waals surface area contributed by atoms with Gasteiger partial charge in [-0.2, -0.15) is 0 Å². The quantitative estimate of drug-likeness (QED) is 0.761. The monoisotopic (exact) mass is 403 g/mol. The molecule has 3 heterocycles. The number of aliphatic hydroxyl groups excluding tert-OH is 1. The number of rotatable bonds is 5. The molecule has 1 saturated heterocycles. The van der Waals surface area contributed by atoms with Crippen LogP contribution in [0.25, 0.3) is 0 Å². The van der Waals surface area contributed by atoms with Gasteiger partial charge in [-0.15, -0.1) is 11.3 Å². The number of aliphatic hydroxyl groups is 1. The van der Waals surface area contributed by atoms with Gasteiger partial charge in [0.15, 0.2) is 5.76 Å². The zero-order valence-corrected chi connectivity index (χ0v) is 16.0. The highest BCUT2D eigenvalue weighted by molar-refractivity contribution is 7.12. The molecule has 0 saturated carbocycles. The molecule has 0 unspecified atom stereocenters. The van der Waals surface area contributed by atoms with Crippen molar-refractivity contribution in [3.8, 4) is 0 Å². The van der Waals surface area contributed by atoms with Gasteiger partial charge in [-0.3, -0.25) is 9.59 Å². The van der Waals surface area contributed by atoms with E-state index in [1.54, 1.807) is 41.8 Å². The maximum atomic E-state index is 13.1. The molecular weight excluding hydrogens is 386 g/mol. The van der Waals surface area contributed by atoms with Crippen molar-refractivity contribution < 1.29 is 19.4 Å². The summed E-state index contributed by atoms with van der Waals surface area (Å²) in [4.78, 5) is 27.9. The van der Waals surface area contributed by atoms with E-state index in [0.29, 0.717) is 23.1 Å². The highest BCUT2D eigenvalue weighted by Gasteiger charge is 2.44. The number of carbonyl (C=O) groups excluding carboxylic acids is 2. The zero-order chi connectivity index (χ0) is 19.0. The fourth-order valence-electron chi connectivity index (χ4n) is 3.61. The van der Waals surface area contributed by atoms with E-state index in [4.69, 9.17) is 16.3 Å². The molecule has 27 heavy (non-hydrogen) atoms. The average Bonchev–Trinajstić information content (AvgIpc) is 3.41. The van der Waals surface area contributed by atoms with Gasteiger partial charge in [-0.05, 0) is 42.0 Å². The standard InChI is InChI=1S/C20H18ClNO4S/c21-13-7-5-12(6-8-13)17-16(18(23)15-4-2-10-27-15)19(24)20(25)22(17)11-14-3-1-9-26-14/h2,4-8,10,14,17,24H,1,3,9,11H2/t14-,17-/m1/s1. The van der Waals surface area contributed by atoms with E-state index in [0.717, 1.165) is 18.4 Å². The molecule has 1 aromatic carbocycles. The lowest BCUT2D eigenvalue weighted by molar-refractivity contribution is -0.131. The van der Waals surface area contributed by atoms with Crippen LogP contribution in [-0.4, -0.2) is 41.0 Å². The highest BCUT2D eigenvalue weighted by atomic mass is 35.5. The maximum Gasteiger partial charge on any atom is 0.290 e. The second kappa shape index (κ2) is 7.46. The summed E-state index contributed by atoms with van der Waals surface area (Å²) < 4.78 is 5.67. The van der Waals surface area contributed by atoms with Crippen LogP contribution in [0.2, 0.25) is 5.02 Å². The Hall–Kier alpha value is -2.15. The third-order valence-corrected chi connectivity index (χ3v) is 6.02. The Bertz CT molecular complexity index is 885. The summed E-state index contributed by atoms with van der Waals surface area (Å²) in [6, 6.07) is 9.80. The summed E-state index contributed by atoms with van der Waals surface area (Å²) in [6.45, 7) is 0.996. The number of amides is 1. The minimum absolute atomic E-state index is 0.0901. The lowest BCUT2D eigenvalue weighted by atomic mass is 9.95. The van der Waals surface area contributed by atoms with Crippen molar-refractivity contribution in [2.45, 2.75) is 25.0 Å². The van der Waals surface area contributed by atoms with E-state index in [-0.39, 0.29) is 17.5 Å². The summed E-state index contributed by atoms with van der Waals surface area (Å²) in [6.07, 6.45) is 1.71. The molecule has 5 nitrogen and oxygen atoms in total. The topological polar surface area (TPSA) is 66.8 Å². The minimum atomic E-state index is -0.659. The normalized spacial score (nSPS) is 22.7. The number of nitrogens with zero attached hydrogens (tertiary/aromatic N) is 1. The number of carbonyl (C=O) groups is 2. The Morgan fingerprint density at radius 1 is 1.30 bits per heavy atom. The molecule has 0 spiro atoms. The van der Waals surface area contributed by atoms with Crippen LogP contribution in [0.15, 0.2) is 53.1 Å². The van der Waals surface area contributed by atoms with Crippen LogP contribution in [0.3, 0.4) is 0 Å². The first-order chi connectivity index (χ1) is 13.1. The molecule has 1 N–H and O–H groups in total. The number of benzene rings is 1. The number of ketones is 1. The molecule has 0 radical (unpaired) electrons. The maximum absolute atomic E-state index is 13.1. The Kier molecular flexibility index (Phi) is 5.04. The van der Waals surface area contributed by atoms with Gasteiger partial charge in [0.1, 0.15) is 0 Å². The van der Waals surface area contributed by atoms with Crippen LogP contribution in [0.4, 0.5) is 0 Å². The SMILES string of the molecule is O=C(C1=C(O)C(=O)N(C[C@H]2CCCO2)[C@@H]1c1ccc(Cl)cc1)c1cccs1. The summed E-state index contributed by atoms with van der Waals surface area (Å²) in [5.74, 6) is -1.35. The molecule has 1 aromatic heterocycles. The van der Waals surface area contributed by atoms with Crippen molar-refractivity contribution in [2.75, 3.05) is 13.2 Å². The molecule has 4 rings (SSSR count). The van der Waals surface area contributed by atoms with Crippen molar-refractivity contribution in [2.24, 2.45) is 0 Å². The third kappa shape index (κ3) is 3.40. The van der Waals surface area contributed by atoms with Crippen LogP contribution < -0.4 is 0 Å². The van der Waals surface area contributed by atoms with Crippen LogP contribution in [-0.2, 0) is 9.53 Å². The van der Waals surface area contributed by atoms with Gasteiger partial charge in [-0.25, -0.2) is 0 Å². The zero-order valence-electron chi connectivity index (χ0n) is 14.4. The van der Waals surface area contributed by atoms with Gasteiger partial charge in [-0.1, -0.05) is 29.8 Å². The van der Waals surface area contributed by atoms with Gasteiger partial charge in [0, 0.05) is 18.2 Å². The third-order valence-electron chi connectivity index (χ3n) is 4.90. The summed E-state index contributed by atoms with van der Waals surface area (Å²) >= 11 is 7.29. The first-order valence-corrected chi connectivity index (χ1v) is 10.0. The molecule has 0 aliphatic carbocycles. The van der Waals surface area contributed by atoms with Gasteiger partial charge in [0.05, 0.1) is 22.6 Å². The van der Waals surface area contributed by atoms with Gasteiger partial charge < -0.3 is 14.7 Å². The average molecular weight is 404 g/mol. The van der Waals surface area contributed by atoms with Gasteiger partial charge in [0.25, 0.3) is 5.91 Å². The smallest absolute Gasteiger partial charge is 0.290 e. The molecule has 1 fully saturated rings. The van der Waals surface area contributed by atoms with Crippen molar-refractivity contribution in [1.29, 1.82) is 0 Å². The fourth-order valence-corrected chi connectivity index (χ4v) is 4.42. The van der Waals surface area contributed by atoms with Crippen LogP contribution in [0.1, 0.15) is 34.1 Å². The molecule has 1 amide bonds. The van der Waals surface area contributed by atoms with E-state index in [1.165, 1.54) is 16.2 Å². The number of halogens is 1. The molecule has 140 valence electrons. The van der Waals surface area contributed by atoms with Crippen molar-refractivity contribution in [1.82, 2.24) is 4.90 Å². The predicted molar refractivity (Wildman–Crippen MR) is 103 cm³/mol. The fraction of sp³-hybridized carbons (Fsp3) is 0.300. The number of Topliss-reactive ketones (excluding diaryl/α,β-unsaturated/α-hetero) is 1. The second-order valence-electron chi connectivity index (χ2n) is 6.62. The molecule has 2 aromatic rings. The molecule has 2 atom stereocenters. The van der Waals surface area contributed by atoms with Crippen molar-refractivity contribution >= 4 is 34.6 Å². The lowest BCUT2D eigenvalue weighted by Crippen LogP contribution is -2.37. The van der Waals surface area contributed by atoms with Gasteiger partial charge >= 0.3 is 0 Å². The number of thiophene rings is 1. The van der Waals surface area contributed by atoms with Crippen molar-refractivity contribution in [3.05, 3.63) is 68.6 Å². The van der Waals surface area contributed by atoms with E-state index >= 15 is 0 Å². The second-order valence-corrected chi connectivity index (χ2v) is 8.00. The van der Waals surface area contributed by atoms with Gasteiger partial charge in [0.2, 0.25) is 5.78 Å². The molecule has 2 aliphatic rings. The highest BCUT2D eigenvalue weighted by Crippen LogP contribution is 2.40. The van der Waals surface area contributed by atoms with Crippen LogP contribution in [0.5, 0.6) is 0 Å². The number of ether oxygens (including phenoxy) is 1. The lowest BCUT2D eigenvalue weighted by Gasteiger charge is -2.28. The Morgan fingerprint density at radius 3 is 2.70 bits per heavy atom. The van der Waals surface area contributed by atoms with E-state index in [2.05, 4.69) is 0 Å². The Morgan fingerprint density at radius 2 is 2.07 bits per heavy atom. The largest absolute Gasteiger partial charge is 0.503 e. The molecule has 0 bridgehead atoms. The summed E-state index contributed by atoms with van der Waals surface area (Å²) in [5, 5.41) is 12.9. The summed E-state index contributed by atoms with van der Waals surface area (Å²) in [7, 11) is 0. The first-order valence-electron chi connectivity index (χ1n) is 8.75. The predicted octanol–water partition coefficient (Wildman–Crippen LogP) is 4.16.